The summed E-state index contributed by atoms with van der Waals surface area (Å²) in [4.78, 5) is 11.2. The topological polar surface area (TPSA) is 176 Å². The van der Waals surface area contributed by atoms with Gasteiger partial charge in [0.05, 0.1) is 6.26 Å². The van der Waals surface area contributed by atoms with Crippen LogP contribution in [0, 0.1) is 0 Å². The van der Waals surface area contributed by atoms with Crippen molar-refractivity contribution in [2.24, 2.45) is 20.9 Å². The number of halogens is 3. The summed E-state index contributed by atoms with van der Waals surface area (Å²) in [5.41, 5.74) is 13.8. The van der Waals surface area contributed by atoms with Gasteiger partial charge in [0, 0.05) is 26.3 Å². The van der Waals surface area contributed by atoms with Crippen LogP contribution in [0.3, 0.4) is 0 Å². The van der Waals surface area contributed by atoms with E-state index in [-0.39, 0.29) is 17.7 Å². The first kappa shape index (κ1) is 24.2. The lowest BCUT2D eigenvalue weighted by Gasteiger charge is -2.18. The number of hydrogen-bond acceptors (Lipinski definition) is 7. The molecule has 0 aliphatic carbocycles. The van der Waals surface area contributed by atoms with Crippen LogP contribution < -0.4 is 27.5 Å². The van der Waals surface area contributed by atoms with Gasteiger partial charge in [-0.3, -0.25) is 5.01 Å². The molecule has 0 saturated heterocycles. The summed E-state index contributed by atoms with van der Waals surface area (Å²) in [6.45, 7) is -0.535. The standard InChI is InChI=1S/C13H23F3N10O2S/c1-26(11(18)25-29(2,27)28)22-6-3-5-19-12-20-7-4-9(24-12)23-10(17)21-8-13(14,15)16/h4,7,22H,3,5-6,8H2,1-2H3,(H2,18,25)(H4,17,19,20,21,23,24). The van der Waals surface area contributed by atoms with E-state index in [1.807, 2.05) is 0 Å². The molecule has 16 heteroatoms. The first-order chi connectivity index (χ1) is 13.4. The van der Waals surface area contributed by atoms with E-state index in [0.29, 0.717) is 19.5 Å². The molecule has 29 heavy (non-hydrogen) atoms. The van der Waals surface area contributed by atoms with Crippen LogP contribution >= 0.6 is 0 Å². The molecule has 0 spiro atoms. The van der Waals surface area contributed by atoms with Crippen molar-refractivity contribution in [1.29, 1.82) is 0 Å². The Bertz CT molecular complexity index is 828. The van der Waals surface area contributed by atoms with E-state index in [2.05, 4.69) is 35.4 Å². The van der Waals surface area contributed by atoms with E-state index in [4.69, 9.17) is 11.5 Å². The molecule has 0 bridgehead atoms. The zero-order chi connectivity index (χ0) is 22.1. The lowest BCUT2D eigenvalue weighted by Crippen LogP contribution is -2.45. The van der Waals surface area contributed by atoms with E-state index in [9.17, 15) is 21.6 Å². The van der Waals surface area contributed by atoms with E-state index < -0.39 is 28.7 Å². The van der Waals surface area contributed by atoms with Crippen LogP contribution in [0.5, 0.6) is 0 Å². The number of nitrogens with one attached hydrogen (secondary N) is 3. The summed E-state index contributed by atoms with van der Waals surface area (Å²) in [5, 5.41) is 6.63. The minimum absolute atomic E-state index is 0.175. The van der Waals surface area contributed by atoms with Crippen molar-refractivity contribution in [2.45, 2.75) is 12.6 Å². The Labute approximate surface area is 165 Å². The molecule has 164 valence electrons. The molecule has 12 nitrogen and oxygen atoms in total. The predicted molar refractivity (Wildman–Crippen MR) is 104 cm³/mol. The van der Waals surface area contributed by atoms with Crippen molar-refractivity contribution in [2.75, 3.05) is 43.6 Å². The smallest absolute Gasteiger partial charge is 0.370 e. The molecule has 0 aromatic carbocycles. The van der Waals surface area contributed by atoms with Crippen LogP contribution in [0.15, 0.2) is 21.7 Å². The number of aromatic nitrogens is 2. The van der Waals surface area contributed by atoms with Gasteiger partial charge in [-0.05, 0) is 12.5 Å². The highest BCUT2D eigenvalue weighted by molar-refractivity contribution is 7.89. The van der Waals surface area contributed by atoms with Crippen molar-refractivity contribution < 1.29 is 21.6 Å². The highest BCUT2D eigenvalue weighted by atomic mass is 32.2. The molecule has 1 rings (SSSR count). The van der Waals surface area contributed by atoms with Crippen molar-refractivity contribution in [3.05, 3.63) is 12.3 Å². The Morgan fingerprint density at radius 1 is 1.31 bits per heavy atom. The molecule has 0 fully saturated rings. The minimum Gasteiger partial charge on any atom is -0.370 e. The maximum atomic E-state index is 12.1. The molecule has 0 saturated carbocycles. The fourth-order valence-corrected chi connectivity index (χ4v) is 2.17. The second kappa shape index (κ2) is 10.6. The van der Waals surface area contributed by atoms with Gasteiger partial charge in [-0.15, -0.1) is 4.40 Å². The zero-order valence-corrected chi connectivity index (χ0v) is 16.5. The molecular weight excluding hydrogens is 417 g/mol. The van der Waals surface area contributed by atoms with Crippen LogP contribution in [0.4, 0.5) is 24.9 Å². The minimum atomic E-state index is -4.45. The van der Waals surface area contributed by atoms with E-state index in [1.165, 1.54) is 24.3 Å². The van der Waals surface area contributed by atoms with E-state index in [1.54, 1.807) is 0 Å². The van der Waals surface area contributed by atoms with Crippen LogP contribution in [-0.4, -0.2) is 74.4 Å². The van der Waals surface area contributed by atoms with Crippen LogP contribution in [-0.2, 0) is 10.0 Å². The number of aliphatic imine (C=N–C) groups is 1. The van der Waals surface area contributed by atoms with Gasteiger partial charge in [0.25, 0.3) is 10.0 Å². The molecule has 0 radical (unpaired) electrons. The van der Waals surface area contributed by atoms with Crippen molar-refractivity contribution in [3.63, 3.8) is 0 Å². The van der Waals surface area contributed by atoms with Gasteiger partial charge < -0.3 is 22.1 Å². The van der Waals surface area contributed by atoms with E-state index in [0.717, 1.165) is 6.26 Å². The molecule has 0 unspecified atom stereocenters. The maximum absolute atomic E-state index is 12.1. The monoisotopic (exact) mass is 440 g/mol. The number of nitrogens with two attached hydrogens (primary N) is 2. The molecular formula is C13H23F3N10O2S. The first-order valence-electron chi connectivity index (χ1n) is 8.09. The Morgan fingerprint density at radius 3 is 2.62 bits per heavy atom. The van der Waals surface area contributed by atoms with Crippen LogP contribution in [0.25, 0.3) is 0 Å². The highest BCUT2D eigenvalue weighted by Gasteiger charge is 2.26. The number of nitrogens with zero attached hydrogens (tertiary/aromatic N) is 5. The highest BCUT2D eigenvalue weighted by Crippen LogP contribution is 2.14. The average molecular weight is 440 g/mol. The second-order valence-electron chi connectivity index (χ2n) is 5.64. The van der Waals surface area contributed by atoms with Gasteiger partial charge in [0.15, 0.2) is 5.96 Å². The summed E-state index contributed by atoms with van der Waals surface area (Å²) in [5.74, 6) is -0.224. The molecule has 1 aromatic rings. The van der Waals surface area contributed by atoms with Crippen LogP contribution in [0.2, 0.25) is 0 Å². The van der Waals surface area contributed by atoms with Crippen molar-refractivity contribution in [3.8, 4) is 0 Å². The second-order valence-corrected chi connectivity index (χ2v) is 7.29. The Balaban J connectivity index is 2.43. The summed E-state index contributed by atoms with van der Waals surface area (Å²) >= 11 is 0. The third-order valence-corrected chi connectivity index (χ3v) is 3.45. The average Bonchev–Trinajstić information content (AvgIpc) is 2.58. The number of sulfonamides is 1. The summed E-state index contributed by atoms with van der Waals surface area (Å²) in [6.07, 6.45) is -1.56. The largest absolute Gasteiger partial charge is 0.408 e. The van der Waals surface area contributed by atoms with Crippen molar-refractivity contribution >= 4 is 33.7 Å². The van der Waals surface area contributed by atoms with Gasteiger partial charge in [-0.25, -0.2) is 23.8 Å². The van der Waals surface area contributed by atoms with Gasteiger partial charge in [-0.2, -0.15) is 18.2 Å². The Morgan fingerprint density at radius 2 is 2.00 bits per heavy atom. The van der Waals surface area contributed by atoms with Gasteiger partial charge >= 0.3 is 6.18 Å². The first-order valence-corrected chi connectivity index (χ1v) is 9.94. The molecule has 0 aliphatic rings. The van der Waals surface area contributed by atoms with Crippen LogP contribution in [0.1, 0.15) is 6.42 Å². The number of alkyl halides is 3. The normalized spacial score (nSPS) is 13.3. The Kier molecular flexibility index (Phi) is 8.84. The van der Waals surface area contributed by atoms with Gasteiger partial charge in [0.2, 0.25) is 11.9 Å². The SMILES string of the molecule is CN(NCCCNc1nccc(NC(N)=NCC(F)(F)F)n1)C(N)=NS(C)(=O)=O. The quantitative estimate of drug-likeness (QED) is 0.142. The number of anilines is 2. The summed E-state index contributed by atoms with van der Waals surface area (Å²) in [6, 6.07) is 1.42. The molecule has 0 atom stereocenters. The van der Waals surface area contributed by atoms with Gasteiger partial charge in [0.1, 0.15) is 12.4 Å². The summed E-state index contributed by atoms with van der Waals surface area (Å²) < 4.78 is 61.7. The number of rotatable bonds is 9. The fraction of sp³-hybridized carbons (Fsp3) is 0.538. The molecule has 0 amide bonds. The number of hydrazine groups is 1. The van der Waals surface area contributed by atoms with E-state index >= 15 is 0 Å². The molecule has 1 heterocycles. The third kappa shape index (κ3) is 11.5. The molecule has 0 aliphatic heterocycles. The Hall–Kier alpha value is -2.88. The number of hydrogen-bond donors (Lipinski definition) is 5. The fourth-order valence-electron chi connectivity index (χ4n) is 1.71. The number of guanidine groups is 2. The zero-order valence-electron chi connectivity index (χ0n) is 15.7. The third-order valence-electron chi connectivity index (χ3n) is 2.93. The lowest BCUT2D eigenvalue weighted by molar-refractivity contribution is -0.118. The van der Waals surface area contributed by atoms with Gasteiger partial charge in [-0.1, -0.05) is 0 Å². The maximum Gasteiger partial charge on any atom is 0.408 e. The lowest BCUT2D eigenvalue weighted by atomic mass is 10.4. The van der Waals surface area contributed by atoms with Crippen molar-refractivity contribution in [1.82, 2.24) is 20.4 Å². The summed E-state index contributed by atoms with van der Waals surface area (Å²) in [7, 11) is -2.08. The molecule has 7 N–H and O–H groups in total. The molecule has 1 aromatic heterocycles. The predicted octanol–water partition coefficient (Wildman–Crippen LogP) is -0.722.